The Morgan fingerprint density at radius 2 is 2.16 bits per heavy atom. The lowest BCUT2D eigenvalue weighted by molar-refractivity contribution is 0.0587. The monoisotopic (exact) mass is 263 g/mol. The van der Waals surface area contributed by atoms with Crippen LogP contribution in [0.4, 0.5) is 0 Å². The molecule has 0 saturated carbocycles. The second kappa shape index (κ2) is 5.84. The van der Waals surface area contributed by atoms with E-state index in [1.54, 1.807) is 24.1 Å². The van der Waals surface area contributed by atoms with Gasteiger partial charge in [-0.3, -0.25) is 4.79 Å². The van der Waals surface area contributed by atoms with E-state index < -0.39 is 5.97 Å². The van der Waals surface area contributed by atoms with Gasteiger partial charge in [-0.05, 0) is 31.0 Å². The van der Waals surface area contributed by atoms with Gasteiger partial charge >= 0.3 is 5.97 Å². The van der Waals surface area contributed by atoms with Crippen molar-refractivity contribution in [3.05, 3.63) is 35.4 Å². The van der Waals surface area contributed by atoms with Crippen LogP contribution in [-0.4, -0.2) is 48.2 Å². The Hall–Kier alpha value is -1.88. The number of amides is 1. The molecule has 0 radical (unpaired) electrons. The second-order valence-electron chi connectivity index (χ2n) is 4.71. The summed E-state index contributed by atoms with van der Waals surface area (Å²) in [6.07, 6.45) is 2.09. The van der Waals surface area contributed by atoms with Gasteiger partial charge in [0.15, 0.2) is 0 Å². The highest BCUT2D eigenvalue weighted by atomic mass is 16.5. The van der Waals surface area contributed by atoms with Gasteiger partial charge in [0.2, 0.25) is 0 Å². The van der Waals surface area contributed by atoms with Crippen LogP contribution in [0.1, 0.15) is 33.6 Å². The number of likely N-dealkylation sites (N-methyl/N-ethyl adjacent to an activating group) is 1. The predicted octanol–water partition coefficient (Wildman–Crippen LogP) is 1.64. The van der Waals surface area contributed by atoms with Crippen LogP contribution >= 0.6 is 0 Å². The number of nitrogens with zero attached hydrogens (tertiary/aromatic N) is 1. The number of carboxylic acids is 1. The molecule has 19 heavy (non-hydrogen) atoms. The number of ether oxygens (including phenoxy) is 1. The van der Waals surface area contributed by atoms with E-state index in [1.165, 1.54) is 12.1 Å². The Morgan fingerprint density at radius 1 is 1.42 bits per heavy atom. The molecule has 1 heterocycles. The number of hydrogen-bond donors (Lipinski definition) is 1. The van der Waals surface area contributed by atoms with Crippen molar-refractivity contribution in [2.24, 2.45) is 0 Å². The molecule has 1 atom stereocenters. The van der Waals surface area contributed by atoms with Crippen LogP contribution in [0.5, 0.6) is 0 Å². The molecule has 1 saturated heterocycles. The lowest BCUT2D eigenvalue weighted by Gasteiger charge is -2.21. The van der Waals surface area contributed by atoms with Crippen molar-refractivity contribution >= 4 is 11.9 Å². The van der Waals surface area contributed by atoms with Crippen molar-refractivity contribution in [2.45, 2.75) is 18.9 Å². The number of benzene rings is 1. The van der Waals surface area contributed by atoms with Gasteiger partial charge in [0.05, 0.1) is 11.7 Å². The average Bonchev–Trinajstić information content (AvgIpc) is 2.90. The Balaban J connectivity index is 2.05. The summed E-state index contributed by atoms with van der Waals surface area (Å²) in [7, 11) is 1.71. The first-order valence-corrected chi connectivity index (χ1v) is 6.28. The molecular weight excluding hydrogens is 246 g/mol. The molecule has 1 aromatic carbocycles. The first-order chi connectivity index (χ1) is 9.08. The maximum atomic E-state index is 12.2. The van der Waals surface area contributed by atoms with Gasteiger partial charge in [-0.15, -0.1) is 0 Å². The fourth-order valence-corrected chi connectivity index (χ4v) is 2.18. The van der Waals surface area contributed by atoms with Crippen LogP contribution in [0.25, 0.3) is 0 Å². The van der Waals surface area contributed by atoms with E-state index in [0.29, 0.717) is 12.1 Å². The number of carbonyl (C=O) groups excluding carboxylic acids is 1. The minimum atomic E-state index is -1.03. The standard InChI is InChI=1S/C14H17NO4/c1-15(9-12-6-3-7-19-12)13(16)10-4-2-5-11(8-10)14(17)18/h2,4-5,8,12H,3,6-7,9H2,1H3,(H,17,18)/t12-/m0/s1. The fourth-order valence-electron chi connectivity index (χ4n) is 2.18. The molecule has 5 nitrogen and oxygen atoms in total. The van der Waals surface area contributed by atoms with Crippen LogP contribution in [0.15, 0.2) is 24.3 Å². The molecule has 0 unspecified atom stereocenters. The summed E-state index contributed by atoms with van der Waals surface area (Å²) in [5.74, 6) is -1.21. The van der Waals surface area contributed by atoms with Gasteiger partial charge in [0.25, 0.3) is 5.91 Å². The number of hydrogen-bond acceptors (Lipinski definition) is 3. The normalized spacial score (nSPS) is 18.3. The molecular formula is C14H17NO4. The fraction of sp³-hybridized carbons (Fsp3) is 0.429. The summed E-state index contributed by atoms with van der Waals surface area (Å²) in [4.78, 5) is 24.6. The summed E-state index contributed by atoms with van der Waals surface area (Å²) in [6.45, 7) is 1.29. The Labute approximate surface area is 111 Å². The maximum Gasteiger partial charge on any atom is 0.335 e. The van der Waals surface area contributed by atoms with Gasteiger partial charge in [-0.25, -0.2) is 4.79 Å². The molecule has 1 aromatic rings. The third-order valence-electron chi connectivity index (χ3n) is 3.20. The van der Waals surface area contributed by atoms with Crippen LogP contribution in [0, 0.1) is 0 Å². The molecule has 1 amide bonds. The molecule has 102 valence electrons. The first kappa shape index (κ1) is 13.5. The van der Waals surface area contributed by atoms with Crippen molar-refractivity contribution in [1.82, 2.24) is 4.90 Å². The van der Waals surface area contributed by atoms with Crippen molar-refractivity contribution in [1.29, 1.82) is 0 Å². The molecule has 5 heteroatoms. The van der Waals surface area contributed by atoms with E-state index in [9.17, 15) is 9.59 Å². The highest BCUT2D eigenvalue weighted by molar-refractivity contribution is 5.97. The molecule has 0 bridgehead atoms. The third-order valence-corrected chi connectivity index (χ3v) is 3.20. The van der Waals surface area contributed by atoms with E-state index in [2.05, 4.69) is 0 Å². The topological polar surface area (TPSA) is 66.8 Å². The van der Waals surface area contributed by atoms with Gasteiger partial charge < -0.3 is 14.7 Å². The van der Waals surface area contributed by atoms with E-state index in [-0.39, 0.29) is 17.6 Å². The highest BCUT2D eigenvalue weighted by Crippen LogP contribution is 2.14. The maximum absolute atomic E-state index is 12.2. The predicted molar refractivity (Wildman–Crippen MR) is 69.3 cm³/mol. The van der Waals surface area contributed by atoms with Gasteiger partial charge in [-0.1, -0.05) is 6.07 Å². The Morgan fingerprint density at radius 3 is 2.79 bits per heavy atom. The van der Waals surface area contributed by atoms with Crippen LogP contribution in [0.3, 0.4) is 0 Å². The zero-order chi connectivity index (χ0) is 13.8. The quantitative estimate of drug-likeness (QED) is 0.896. The Bertz CT molecular complexity index is 480. The summed E-state index contributed by atoms with van der Waals surface area (Å²) >= 11 is 0. The summed E-state index contributed by atoms with van der Waals surface area (Å²) < 4.78 is 5.48. The molecule has 1 N–H and O–H groups in total. The molecule has 2 rings (SSSR count). The van der Waals surface area contributed by atoms with E-state index in [4.69, 9.17) is 9.84 Å². The number of rotatable bonds is 4. The van der Waals surface area contributed by atoms with Gasteiger partial charge in [0.1, 0.15) is 0 Å². The highest BCUT2D eigenvalue weighted by Gasteiger charge is 2.21. The van der Waals surface area contributed by atoms with Crippen LogP contribution in [-0.2, 0) is 4.74 Å². The number of carboxylic acid groups (broad SMARTS) is 1. The largest absolute Gasteiger partial charge is 0.478 e. The second-order valence-corrected chi connectivity index (χ2v) is 4.71. The van der Waals surface area contributed by atoms with Crippen molar-refractivity contribution in [3.8, 4) is 0 Å². The summed E-state index contributed by atoms with van der Waals surface area (Å²) in [5.41, 5.74) is 0.511. The minimum absolute atomic E-state index is 0.0941. The molecule has 0 spiro atoms. The van der Waals surface area contributed by atoms with Crippen molar-refractivity contribution in [2.75, 3.05) is 20.2 Å². The lowest BCUT2D eigenvalue weighted by Crippen LogP contribution is -2.34. The van der Waals surface area contributed by atoms with E-state index in [0.717, 1.165) is 19.4 Å². The molecule has 0 aliphatic carbocycles. The third kappa shape index (κ3) is 3.32. The zero-order valence-corrected chi connectivity index (χ0v) is 10.8. The smallest absolute Gasteiger partial charge is 0.335 e. The van der Waals surface area contributed by atoms with Gasteiger partial charge in [-0.2, -0.15) is 0 Å². The van der Waals surface area contributed by atoms with Gasteiger partial charge in [0, 0.05) is 25.8 Å². The first-order valence-electron chi connectivity index (χ1n) is 6.28. The summed E-state index contributed by atoms with van der Waals surface area (Å²) in [5, 5.41) is 8.91. The van der Waals surface area contributed by atoms with Crippen LogP contribution < -0.4 is 0 Å². The zero-order valence-electron chi connectivity index (χ0n) is 10.8. The number of carbonyl (C=O) groups is 2. The lowest BCUT2D eigenvalue weighted by atomic mass is 10.1. The average molecular weight is 263 g/mol. The SMILES string of the molecule is CN(C[C@@H]1CCCO1)C(=O)c1cccc(C(=O)O)c1. The van der Waals surface area contributed by atoms with E-state index >= 15 is 0 Å². The Kier molecular flexibility index (Phi) is 4.16. The summed E-state index contributed by atoms with van der Waals surface area (Å²) in [6, 6.07) is 6.08. The minimum Gasteiger partial charge on any atom is -0.478 e. The molecule has 0 aromatic heterocycles. The van der Waals surface area contributed by atoms with Crippen molar-refractivity contribution < 1.29 is 19.4 Å². The van der Waals surface area contributed by atoms with Crippen molar-refractivity contribution in [3.63, 3.8) is 0 Å². The molecule has 1 aliphatic rings. The molecule has 1 aliphatic heterocycles. The van der Waals surface area contributed by atoms with Crippen LogP contribution in [0.2, 0.25) is 0 Å². The number of aromatic carboxylic acids is 1. The molecule has 1 fully saturated rings. The van der Waals surface area contributed by atoms with E-state index in [1.807, 2.05) is 0 Å².